The second-order valence-corrected chi connectivity index (χ2v) is 7.46. The van der Waals surface area contributed by atoms with Gasteiger partial charge in [-0.05, 0) is 29.9 Å². The van der Waals surface area contributed by atoms with E-state index in [2.05, 4.69) is 0 Å². The van der Waals surface area contributed by atoms with Crippen LogP contribution in [0.4, 0.5) is 0 Å². The molecule has 6 heteroatoms. The standard InChI is InChI=1S/C19H24N2O4/c1-11(2)16(18(23)20-9-12(3)8-15(20)19(24)25)21-10-13-6-4-5-7-14(13)17(21)22/h4-7,11-12,15-16H,8-10H2,1-3H3,(H,24,25)/t12?,15-,16?/m0/s1. The second kappa shape index (κ2) is 6.50. The Kier molecular flexibility index (Phi) is 4.54. The van der Waals surface area contributed by atoms with E-state index in [0.717, 1.165) is 5.56 Å². The first-order valence-corrected chi connectivity index (χ1v) is 8.73. The van der Waals surface area contributed by atoms with Gasteiger partial charge in [-0.25, -0.2) is 4.79 Å². The zero-order valence-electron chi connectivity index (χ0n) is 14.8. The Morgan fingerprint density at radius 1 is 1.24 bits per heavy atom. The van der Waals surface area contributed by atoms with Gasteiger partial charge in [0.2, 0.25) is 5.91 Å². The van der Waals surface area contributed by atoms with Crippen LogP contribution in [-0.4, -0.2) is 51.3 Å². The zero-order chi connectivity index (χ0) is 18.3. The van der Waals surface area contributed by atoms with E-state index in [-0.39, 0.29) is 23.7 Å². The average Bonchev–Trinajstić information content (AvgIpc) is 3.09. The first kappa shape index (κ1) is 17.5. The van der Waals surface area contributed by atoms with Crippen molar-refractivity contribution in [3.63, 3.8) is 0 Å². The minimum atomic E-state index is -0.976. The number of fused-ring (bicyclic) bond motifs is 1. The largest absolute Gasteiger partial charge is 0.480 e. The number of hydrogen-bond acceptors (Lipinski definition) is 3. The topological polar surface area (TPSA) is 77.9 Å². The van der Waals surface area contributed by atoms with E-state index < -0.39 is 18.1 Å². The molecule has 1 aromatic rings. The maximum Gasteiger partial charge on any atom is 0.326 e. The minimum Gasteiger partial charge on any atom is -0.480 e. The third kappa shape index (κ3) is 3.01. The summed E-state index contributed by atoms with van der Waals surface area (Å²) in [4.78, 5) is 40.6. The van der Waals surface area contributed by atoms with Crippen LogP contribution < -0.4 is 0 Å². The zero-order valence-corrected chi connectivity index (χ0v) is 14.8. The fraction of sp³-hybridized carbons (Fsp3) is 0.526. The molecule has 0 saturated carbocycles. The molecule has 2 heterocycles. The summed E-state index contributed by atoms with van der Waals surface area (Å²) in [6, 6.07) is 5.92. The molecule has 2 amide bonds. The summed E-state index contributed by atoms with van der Waals surface area (Å²) in [5.74, 6) is -1.34. The smallest absolute Gasteiger partial charge is 0.326 e. The predicted octanol–water partition coefficient (Wildman–Crippen LogP) is 1.99. The molecule has 2 aliphatic rings. The Balaban J connectivity index is 1.89. The third-order valence-corrected chi connectivity index (χ3v) is 5.15. The summed E-state index contributed by atoms with van der Waals surface area (Å²) in [6.07, 6.45) is 0.458. The normalized spacial score (nSPS) is 23.9. The van der Waals surface area contributed by atoms with Gasteiger partial charge in [0.05, 0.1) is 0 Å². The van der Waals surface area contributed by atoms with Gasteiger partial charge in [0, 0.05) is 18.7 Å². The van der Waals surface area contributed by atoms with Gasteiger partial charge in [0.1, 0.15) is 12.1 Å². The highest BCUT2D eigenvalue weighted by molar-refractivity contribution is 6.01. The summed E-state index contributed by atoms with van der Waals surface area (Å²) in [5, 5.41) is 9.46. The molecule has 6 nitrogen and oxygen atoms in total. The molecule has 0 bridgehead atoms. The van der Waals surface area contributed by atoms with Gasteiger partial charge in [0.15, 0.2) is 0 Å². The Labute approximate surface area is 147 Å². The van der Waals surface area contributed by atoms with Crippen LogP contribution in [0.3, 0.4) is 0 Å². The van der Waals surface area contributed by atoms with Crippen molar-refractivity contribution < 1.29 is 19.5 Å². The van der Waals surface area contributed by atoms with Gasteiger partial charge in [-0.3, -0.25) is 9.59 Å². The van der Waals surface area contributed by atoms with E-state index in [1.165, 1.54) is 4.90 Å². The molecule has 2 unspecified atom stereocenters. The van der Waals surface area contributed by atoms with E-state index in [1.807, 2.05) is 39.0 Å². The maximum atomic E-state index is 13.2. The molecule has 3 atom stereocenters. The number of carbonyl (C=O) groups excluding carboxylic acids is 2. The van der Waals surface area contributed by atoms with Crippen molar-refractivity contribution in [1.82, 2.24) is 9.80 Å². The number of rotatable bonds is 4. The molecular formula is C19H24N2O4. The number of nitrogens with zero attached hydrogens (tertiary/aromatic N) is 2. The lowest BCUT2D eigenvalue weighted by Gasteiger charge is -2.34. The quantitative estimate of drug-likeness (QED) is 0.906. The van der Waals surface area contributed by atoms with Gasteiger partial charge in [-0.15, -0.1) is 0 Å². The van der Waals surface area contributed by atoms with Crippen molar-refractivity contribution in [3.8, 4) is 0 Å². The molecule has 3 rings (SSSR count). The Hall–Kier alpha value is -2.37. The molecule has 0 spiro atoms. The van der Waals surface area contributed by atoms with Crippen LogP contribution in [0.25, 0.3) is 0 Å². The maximum absolute atomic E-state index is 13.2. The molecule has 0 aromatic heterocycles. The van der Waals surface area contributed by atoms with Crippen molar-refractivity contribution >= 4 is 17.8 Å². The highest BCUT2D eigenvalue weighted by Crippen LogP contribution is 2.31. The van der Waals surface area contributed by atoms with Gasteiger partial charge in [-0.2, -0.15) is 0 Å². The fourth-order valence-corrected chi connectivity index (χ4v) is 3.97. The monoisotopic (exact) mass is 344 g/mol. The van der Waals surface area contributed by atoms with E-state index in [4.69, 9.17) is 0 Å². The number of benzene rings is 1. The number of hydrogen-bond donors (Lipinski definition) is 1. The van der Waals surface area contributed by atoms with Crippen LogP contribution >= 0.6 is 0 Å². The van der Waals surface area contributed by atoms with Crippen LogP contribution in [0.1, 0.15) is 43.1 Å². The lowest BCUT2D eigenvalue weighted by atomic mass is 10.0. The number of carbonyl (C=O) groups is 3. The number of amides is 2. The summed E-state index contributed by atoms with van der Waals surface area (Å²) < 4.78 is 0. The number of carboxylic acid groups (broad SMARTS) is 1. The summed E-state index contributed by atoms with van der Waals surface area (Å²) in [7, 11) is 0. The first-order valence-electron chi connectivity index (χ1n) is 8.73. The molecule has 1 aromatic carbocycles. The Morgan fingerprint density at radius 2 is 1.92 bits per heavy atom. The van der Waals surface area contributed by atoms with Crippen molar-refractivity contribution in [3.05, 3.63) is 35.4 Å². The number of likely N-dealkylation sites (tertiary alicyclic amines) is 1. The third-order valence-electron chi connectivity index (χ3n) is 5.15. The van der Waals surface area contributed by atoms with Crippen LogP contribution in [0.15, 0.2) is 24.3 Å². The summed E-state index contributed by atoms with van der Waals surface area (Å²) in [6.45, 7) is 6.56. The van der Waals surface area contributed by atoms with Crippen molar-refractivity contribution in [2.45, 2.75) is 45.8 Å². The van der Waals surface area contributed by atoms with Gasteiger partial charge in [-0.1, -0.05) is 39.0 Å². The van der Waals surface area contributed by atoms with Gasteiger partial charge >= 0.3 is 5.97 Å². The minimum absolute atomic E-state index is 0.101. The van der Waals surface area contributed by atoms with Crippen LogP contribution in [0.5, 0.6) is 0 Å². The SMILES string of the molecule is CC1C[C@@H](C(=O)O)N(C(=O)C(C(C)C)N2Cc3ccccc3C2=O)C1. The van der Waals surface area contributed by atoms with E-state index in [0.29, 0.717) is 25.1 Å². The second-order valence-electron chi connectivity index (χ2n) is 7.46. The molecule has 1 fully saturated rings. The first-order chi connectivity index (χ1) is 11.8. The number of carboxylic acids is 1. The van der Waals surface area contributed by atoms with Crippen molar-refractivity contribution in [1.29, 1.82) is 0 Å². The van der Waals surface area contributed by atoms with E-state index in [1.54, 1.807) is 11.0 Å². The highest BCUT2D eigenvalue weighted by Gasteiger charge is 2.45. The Bertz CT molecular complexity index is 715. The Morgan fingerprint density at radius 3 is 2.52 bits per heavy atom. The van der Waals surface area contributed by atoms with Gasteiger partial charge in [0.25, 0.3) is 5.91 Å². The molecule has 0 aliphatic carbocycles. The molecule has 134 valence electrons. The lowest BCUT2D eigenvalue weighted by molar-refractivity contribution is -0.150. The molecule has 0 radical (unpaired) electrons. The highest BCUT2D eigenvalue weighted by atomic mass is 16.4. The van der Waals surface area contributed by atoms with Gasteiger partial charge < -0.3 is 14.9 Å². The van der Waals surface area contributed by atoms with Crippen molar-refractivity contribution in [2.75, 3.05) is 6.54 Å². The predicted molar refractivity (Wildman–Crippen MR) is 91.9 cm³/mol. The van der Waals surface area contributed by atoms with Crippen LogP contribution in [0, 0.1) is 11.8 Å². The van der Waals surface area contributed by atoms with Crippen molar-refractivity contribution in [2.24, 2.45) is 11.8 Å². The van der Waals surface area contributed by atoms with Crippen LogP contribution in [-0.2, 0) is 16.1 Å². The van der Waals surface area contributed by atoms with E-state index in [9.17, 15) is 19.5 Å². The summed E-state index contributed by atoms with van der Waals surface area (Å²) in [5.41, 5.74) is 1.54. The summed E-state index contributed by atoms with van der Waals surface area (Å²) >= 11 is 0. The molecule has 2 aliphatic heterocycles. The lowest BCUT2D eigenvalue weighted by Crippen LogP contribution is -2.54. The molecular weight excluding hydrogens is 320 g/mol. The molecule has 1 saturated heterocycles. The van der Waals surface area contributed by atoms with Crippen LogP contribution in [0.2, 0.25) is 0 Å². The molecule has 1 N–H and O–H groups in total. The molecule has 25 heavy (non-hydrogen) atoms. The fourth-order valence-electron chi connectivity index (χ4n) is 3.97. The van der Waals surface area contributed by atoms with E-state index >= 15 is 0 Å². The average molecular weight is 344 g/mol. The number of aliphatic carboxylic acids is 1.